The third-order valence-electron chi connectivity index (χ3n) is 3.44. The molecule has 0 bridgehead atoms. The van der Waals surface area contributed by atoms with Gasteiger partial charge in [0.1, 0.15) is 8.07 Å². The molecular formula is C11H13F13Si. The standard InChI is InChI=1S/C11H13F13Si/c1-5(12)6(13,14)7(15,16)8(17,18)9(19,20)10(21,22)11(23,24)25(2,3)4/h5H,1-4H3. The molecule has 0 saturated carbocycles. The van der Waals surface area contributed by atoms with Crippen molar-refractivity contribution >= 4 is 8.07 Å². The highest BCUT2D eigenvalue weighted by molar-refractivity contribution is 6.78. The van der Waals surface area contributed by atoms with Crippen molar-refractivity contribution in [3.63, 3.8) is 0 Å². The Morgan fingerprint density at radius 2 is 0.840 bits per heavy atom. The van der Waals surface area contributed by atoms with Crippen LogP contribution in [0.1, 0.15) is 6.92 Å². The minimum Gasteiger partial charge on any atom is -0.241 e. The first-order valence-electron chi connectivity index (χ1n) is 6.35. The number of rotatable bonds is 7. The van der Waals surface area contributed by atoms with Crippen LogP contribution in [-0.4, -0.2) is 49.4 Å². The van der Waals surface area contributed by atoms with E-state index in [-0.39, 0.29) is 0 Å². The topological polar surface area (TPSA) is 0 Å². The maximum absolute atomic E-state index is 13.6. The lowest BCUT2D eigenvalue weighted by molar-refractivity contribution is -0.421. The highest BCUT2D eigenvalue weighted by Crippen LogP contribution is 2.61. The molecule has 1 unspecified atom stereocenters. The van der Waals surface area contributed by atoms with E-state index in [1.807, 2.05) is 0 Å². The molecule has 0 aromatic carbocycles. The number of halogens is 13. The van der Waals surface area contributed by atoms with Gasteiger partial charge in [0.25, 0.3) is 5.55 Å². The molecule has 1 atom stereocenters. The summed E-state index contributed by atoms with van der Waals surface area (Å²) in [4.78, 5) is 0. The quantitative estimate of drug-likeness (QED) is 0.348. The summed E-state index contributed by atoms with van der Waals surface area (Å²) < 4.78 is 172. The Bertz CT molecular complexity index is 489. The minimum atomic E-state index is -7.70. The fraction of sp³-hybridized carbons (Fsp3) is 1.00. The fourth-order valence-electron chi connectivity index (χ4n) is 1.52. The van der Waals surface area contributed by atoms with Crippen LogP contribution >= 0.6 is 0 Å². The Labute approximate surface area is 134 Å². The van der Waals surface area contributed by atoms with Crippen molar-refractivity contribution in [2.24, 2.45) is 0 Å². The van der Waals surface area contributed by atoms with Crippen LogP contribution in [0.15, 0.2) is 0 Å². The molecule has 0 saturated heterocycles. The number of hydrogen-bond donors (Lipinski definition) is 0. The zero-order chi connectivity index (χ0) is 21.1. The van der Waals surface area contributed by atoms with E-state index in [1.54, 1.807) is 0 Å². The van der Waals surface area contributed by atoms with E-state index in [4.69, 9.17) is 0 Å². The van der Waals surface area contributed by atoms with E-state index in [2.05, 4.69) is 0 Å². The Kier molecular flexibility index (Phi) is 5.74. The minimum absolute atomic E-state index is 0.339. The molecule has 0 heterocycles. The molecule has 0 nitrogen and oxygen atoms in total. The molecule has 0 aromatic heterocycles. The molecule has 152 valence electrons. The van der Waals surface area contributed by atoms with Crippen LogP contribution in [0.3, 0.4) is 0 Å². The van der Waals surface area contributed by atoms with E-state index >= 15 is 0 Å². The van der Waals surface area contributed by atoms with Gasteiger partial charge in [-0.1, -0.05) is 19.6 Å². The molecule has 0 aromatic rings. The normalized spacial score (nSPS) is 17.6. The highest BCUT2D eigenvalue weighted by atomic mass is 28.3. The molecule has 14 heteroatoms. The van der Waals surface area contributed by atoms with E-state index in [0.717, 1.165) is 0 Å². The SMILES string of the molecule is CC(F)C(F)(F)C(F)(F)C(F)(F)C(F)(F)C(F)(F)C(F)(F)[Si](C)(C)C. The number of alkyl halides is 13. The molecule has 0 spiro atoms. The second-order valence-corrected chi connectivity index (χ2v) is 11.5. The van der Waals surface area contributed by atoms with Gasteiger partial charge in [-0.15, -0.1) is 0 Å². The van der Waals surface area contributed by atoms with Gasteiger partial charge in [0, 0.05) is 0 Å². The highest BCUT2D eigenvalue weighted by Gasteiger charge is 2.91. The second kappa shape index (κ2) is 5.91. The molecule has 0 N–H and O–H groups in total. The lowest BCUT2D eigenvalue weighted by atomic mass is 9.92. The first kappa shape index (κ1) is 24.3. The smallest absolute Gasteiger partial charge is 0.241 e. The molecule has 25 heavy (non-hydrogen) atoms. The van der Waals surface area contributed by atoms with Crippen molar-refractivity contribution in [3.8, 4) is 0 Å². The van der Waals surface area contributed by atoms with Crippen LogP contribution in [0.2, 0.25) is 19.6 Å². The maximum Gasteiger partial charge on any atom is 0.384 e. The molecule has 0 radical (unpaired) electrons. The van der Waals surface area contributed by atoms with Crippen molar-refractivity contribution < 1.29 is 57.1 Å². The predicted octanol–water partition coefficient (Wildman–Crippen LogP) is 6.03. The van der Waals surface area contributed by atoms with Crippen molar-refractivity contribution in [3.05, 3.63) is 0 Å². The molecule has 0 rings (SSSR count). The summed E-state index contributed by atoms with van der Waals surface area (Å²) in [5.41, 5.74) is -5.89. The van der Waals surface area contributed by atoms with Gasteiger partial charge in [0.15, 0.2) is 6.17 Å². The van der Waals surface area contributed by atoms with Crippen LogP contribution in [-0.2, 0) is 0 Å². The zero-order valence-electron chi connectivity index (χ0n) is 13.0. The average Bonchev–Trinajstić information content (AvgIpc) is 2.35. The van der Waals surface area contributed by atoms with Gasteiger partial charge >= 0.3 is 29.6 Å². The van der Waals surface area contributed by atoms with Crippen molar-refractivity contribution in [1.82, 2.24) is 0 Å². The Morgan fingerprint density at radius 3 is 1.08 bits per heavy atom. The maximum atomic E-state index is 13.6. The van der Waals surface area contributed by atoms with Crippen LogP contribution in [0, 0.1) is 0 Å². The monoisotopic (exact) mass is 420 g/mol. The first-order valence-corrected chi connectivity index (χ1v) is 9.85. The van der Waals surface area contributed by atoms with Gasteiger partial charge in [0.2, 0.25) is 0 Å². The van der Waals surface area contributed by atoms with Gasteiger partial charge in [-0.05, 0) is 6.92 Å². The summed E-state index contributed by atoms with van der Waals surface area (Å²) in [5.74, 6) is -36.4. The van der Waals surface area contributed by atoms with Crippen molar-refractivity contribution in [2.45, 2.75) is 67.9 Å². The summed E-state index contributed by atoms with van der Waals surface area (Å²) in [6.45, 7) is 0.597. The molecule has 0 amide bonds. The van der Waals surface area contributed by atoms with Crippen LogP contribution in [0.4, 0.5) is 57.1 Å². The van der Waals surface area contributed by atoms with Gasteiger partial charge in [-0.3, -0.25) is 0 Å². The van der Waals surface area contributed by atoms with Crippen molar-refractivity contribution in [1.29, 1.82) is 0 Å². The summed E-state index contributed by atoms with van der Waals surface area (Å²) in [6.07, 6.45) is -4.17. The summed E-state index contributed by atoms with van der Waals surface area (Å²) in [6, 6.07) is 0. The molecule has 0 aliphatic carbocycles. The van der Waals surface area contributed by atoms with Crippen LogP contribution in [0.5, 0.6) is 0 Å². The molecular weight excluding hydrogens is 407 g/mol. The largest absolute Gasteiger partial charge is 0.384 e. The molecule has 0 aliphatic heterocycles. The number of hydrogen-bond acceptors (Lipinski definition) is 0. The Morgan fingerprint density at radius 1 is 0.560 bits per heavy atom. The lowest BCUT2D eigenvalue weighted by Crippen LogP contribution is -2.74. The van der Waals surface area contributed by atoms with Gasteiger partial charge < -0.3 is 0 Å². The van der Waals surface area contributed by atoms with Gasteiger partial charge in [-0.2, -0.15) is 43.9 Å². The summed E-state index contributed by atoms with van der Waals surface area (Å²) >= 11 is 0. The van der Waals surface area contributed by atoms with Crippen molar-refractivity contribution in [2.75, 3.05) is 0 Å². The third-order valence-corrected chi connectivity index (χ3v) is 5.64. The average molecular weight is 420 g/mol. The van der Waals surface area contributed by atoms with E-state index in [9.17, 15) is 57.1 Å². The molecule has 0 fully saturated rings. The van der Waals surface area contributed by atoms with E-state index < -0.39 is 56.3 Å². The van der Waals surface area contributed by atoms with Crippen LogP contribution < -0.4 is 0 Å². The summed E-state index contributed by atoms with van der Waals surface area (Å²) in [5, 5.41) is 0. The fourth-order valence-corrected chi connectivity index (χ4v) is 2.62. The van der Waals surface area contributed by atoms with E-state index in [1.165, 1.54) is 0 Å². The third kappa shape index (κ3) is 3.01. The second-order valence-electron chi connectivity index (χ2n) is 6.36. The van der Waals surface area contributed by atoms with Gasteiger partial charge in [0.05, 0.1) is 0 Å². The predicted molar refractivity (Wildman–Crippen MR) is 63.6 cm³/mol. The van der Waals surface area contributed by atoms with Gasteiger partial charge in [-0.25, -0.2) is 13.2 Å². The van der Waals surface area contributed by atoms with Crippen LogP contribution in [0.25, 0.3) is 0 Å². The molecule has 0 aliphatic rings. The zero-order valence-corrected chi connectivity index (χ0v) is 14.0. The first-order chi connectivity index (χ1) is 10.4. The summed E-state index contributed by atoms with van der Waals surface area (Å²) in [7, 11) is -4.74. The lowest BCUT2D eigenvalue weighted by Gasteiger charge is -2.44. The van der Waals surface area contributed by atoms with E-state index in [0.29, 0.717) is 19.6 Å². The Balaban J connectivity index is 6.50. The Hall–Kier alpha value is -0.693.